The van der Waals surface area contributed by atoms with Gasteiger partial charge in [-0.2, -0.15) is 0 Å². The van der Waals surface area contributed by atoms with Gasteiger partial charge in [0.05, 0.1) is 22.4 Å². The van der Waals surface area contributed by atoms with Crippen molar-refractivity contribution in [2.75, 3.05) is 4.90 Å². The third-order valence-corrected chi connectivity index (χ3v) is 12.0. The van der Waals surface area contributed by atoms with Crippen molar-refractivity contribution in [2.24, 2.45) is 0 Å². The molecular weight excluding hydrogens is 749 g/mol. The molecule has 0 aliphatic rings. The van der Waals surface area contributed by atoms with Gasteiger partial charge in [-0.15, -0.1) is 0 Å². The molecule has 2 heteroatoms. The van der Waals surface area contributed by atoms with Crippen LogP contribution in [0.4, 0.5) is 17.1 Å². The Kier molecular flexibility index (Phi) is 9.57. The zero-order valence-corrected chi connectivity index (χ0v) is 34.1. The van der Waals surface area contributed by atoms with Gasteiger partial charge in [0.25, 0.3) is 0 Å². The van der Waals surface area contributed by atoms with Gasteiger partial charge in [-0.25, -0.2) is 0 Å². The molecule has 0 spiro atoms. The molecule has 10 aromatic carbocycles. The fraction of sp³-hybridized carbons (Fsp3) is 0. The predicted octanol–water partition coefficient (Wildman–Crippen LogP) is 16.6. The van der Waals surface area contributed by atoms with Gasteiger partial charge in [-0.05, 0) is 87.0 Å². The Morgan fingerprint density at radius 2 is 0.694 bits per heavy atom. The maximum absolute atomic E-state index is 2.46. The molecule has 0 atom stereocenters. The van der Waals surface area contributed by atoms with Crippen molar-refractivity contribution < 1.29 is 0 Å². The van der Waals surface area contributed by atoms with E-state index in [-0.39, 0.29) is 0 Å². The molecule has 0 saturated carbocycles. The summed E-state index contributed by atoms with van der Waals surface area (Å²) in [6.07, 6.45) is 0. The van der Waals surface area contributed by atoms with Gasteiger partial charge in [0.1, 0.15) is 0 Å². The second-order valence-electron chi connectivity index (χ2n) is 15.7. The van der Waals surface area contributed by atoms with Crippen LogP contribution in [0, 0.1) is 0 Å². The highest BCUT2D eigenvalue weighted by atomic mass is 15.1. The lowest BCUT2D eigenvalue weighted by molar-refractivity contribution is 1.18. The fourth-order valence-electron chi connectivity index (χ4n) is 8.99. The molecule has 0 unspecified atom stereocenters. The normalized spacial score (nSPS) is 11.2. The van der Waals surface area contributed by atoms with Crippen LogP contribution >= 0.6 is 0 Å². The molecule has 0 amide bonds. The monoisotopic (exact) mass is 790 g/mol. The summed E-state index contributed by atoms with van der Waals surface area (Å²) in [5.74, 6) is 0. The average molecular weight is 791 g/mol. The van der Waals surface area contributed by atoms with E-state index in [1.165, 1.54) is 55.2 Å². The molecule has 1 aromatic heterocycles. The SMILES string of the molecule is c1ccc(-c2ccc(-c3ccccc3-n3c4ccccc4c4ccc(N(c5ccc(-c6ccccc6)cc5)c5cc(-c6ccccc6)ccc5-c5ccccc5)cc43)cc2)cc1. The van der Waals surface area contributed by atoms with E-state index in [2.05, 4.69) is 264 Å². The summed E-state index contributed by atoms with van der Waals surface area (Å²) in [4.78, 5) is 2.44. The van der Waals surface area contributed by atoms with Crippen LogP contribution in [0.25, 0.3) is 83.1 Å². The van der Waals surface area contributed by atoms with Crippen LogP contribution in [0.3, 0.4) is 0 Å². The molecule has 0 N–H and O–H groups in total. The minimum absolute atomic E-state index is 1.07. The Hall–Kier alpha value is -8.20. The number of aromatic nitrogens is 1. The first-order valence-electron chi connectivity index (χ1n) is 21.3. The Balaban J connectivity index is 1.14. The molecule has 0 bridgehead atoms. The maximum atomic E-state index is 2.46. The van der Waals surface area contributed by atoms with Crippen molar-refractivity contribution in [3.63, 3.8) is 0 Å². The second-order valence-corrected chi connectivity index (χ2v) is 15.7. The zero-order valence-electron chi connectivity index (χ0n) is 34.1. The topological polar surface area (TPSA) is 8.17 Å². The average Bonchev–Trinajstić information content (AvgIpc) is 3.69. The molecule has 2 nitrogen and oxygen atoms in total. The molecule has 11 rings (SSSR count). The van der Waals surface area contributed by atoms with E-state index in [0.29, 0.717) is 0 Å². The van der Waals surface area contributed by atoms with Crippen molar-refractivity contribution in [3.8, 4) is 61.3 Å². The van der Waals surface area contributed by atoms with Gasteiger partial charge in [-0.1, -0.05) is 212 Å². The smallest absolute Gasteiger partial charge is 0.0562 e. The van der Waals surface area contributed by atoms with Crippen molar-refractivity contribution in [2.45, 2.75) is 0 Å². The van der Waals surface area contributed by atoms with Crippen molar-refractivity contribution in [1.82, 2.24) is 4.57 Å². The number of para-hydroxylation sites is 2. The van der Waals surface area contributed by atoms with Crippen LogP contribution in [-0.2, 0) is 0 Å². The number of anilines is 3. The summed E-state index contributed by atoms with van der Waals surface area (Å²) in [5.41, 5.74) is 18.5. The molecule has 0 saturated heterocycles. The number of benzene rings is 10. The van der Waals surface area contributed by atoms with E-state index in [0.717, 1.165) is 45.0 Å². The third kappa shape index (κ3) is 6.84. The lowest BCUT2D eigenvalue weighted by Gasteiger charge is -2.29. The summed E-state index contributed by atoms with van der Waals surface area (Å²) in [7, 11) is 0. The van der Waals surface area contributed by atoms with E-state index in [4.69, 9.17) is 0 Å². The van der Waals surface area contributed by atoms with E-state index < -0.39 is 0 Å². The molecule has 11 aromatic rings. The number of nitrogens with zero attached hydrogens (tertiary/aromatic N) is 2. The van der Waals surface area contributed by atoms with E-state index in [9.17, 15) is 0 Å². The van der Waals surface area contributed by atoms with E-state index in [1.54, 1.807) is 0 Å². The molecule has 0 aliphatic heterocycles. The Bertz CT molecular complexity index is 3300. The van der Waals surface area contributed by atoms with Gasteiger partial charge >= 0.3 is 0 Å². The predicted molar refractivity (Wildman–Crippen MR) is 263 cm³/mol. The fourth-order valence-corrected chi connectivity index (χ4v) is 8.99. The number of hydrogen-bond acceptors (Lipinski definition) is 1. The first kappa shape index (κ1) is 36.8. The van der Waals surface area contributed by atoms with Gasteiger partial charge in [0, 0.05) is 33.3 Å². The van der Waals surface area contributed by atoms with Gasteiger partial charge in [0.15, 0.2) is 0 Å². The molecule has 0 fully saturated rings. The minimum atomic E-state index is 1.07. The van der Waals surface area contributed by atoms with Gasteiger partial charge < -0.3 is 9.47 Å². The Labute approximate surface area is 362 Å². The summed E-state index contributed by atoms with van der Waals surface area (Å²) in [5, 5.41) is 2.43. The van der Waals surface area contributed by atoms with Crippen LogP contribution in [0.2, 0.25) is 0 Å². The summed E-state index contributed by atoms with van der Waals surface area (Å²) in [6.45, 7) is 0. The lowest BCUT2D eigenvalue weighted by atomic mass is 9.96. The highest BCUT2D eigenvalue weighted by Gasteiger charge is 2.22. The number of rotatable bonds is 9. The van der Waals surface area contributed by atoms with Crippen molar-refractivity contribution in [1.29, 1.82) is 0 Å². The van der Waals surface area contributed by atoms with Gasteiger partial charge in [-0.3, -0.25) is 0 Å². The number of fused-ring (bicyclic) bond motifs is 3. The van der Waals surface area contributed by atoms with Gasteiger partial charge in [0.2, 0.25) is 0 Å². The summed E-state index contributed by atoms with van der Waals surface area (Å²) >= 11 is 0. The Morgan fingerprint density at radius 1 is 0.258 bits per heavy atom. The first-order valence-corrected chi connectivity index (χ1v) is 21.3. The molecule has 0 radical (unpaired) electrons. The summed E-state index contributed by atoms with van der Waals surface area (Å²) < 4.78 is 2.46. The zero-order chi connectivity index (χ0) is 41.2. The molecule has 62 heavy (non-hydrogen) atoms. The number of hydrogen-bond donors (Lipinski definition) is 0. The lowest BCUT2D eigenvalue weighted by Crippen LogP contribution is -2.12. The highest BCUT2D eigenvalue weighted by Crippen LogP contribution is 2.45. The standard InChI is InChI=1S/C60H42N2/c1-5-17-43(18-6-1)46-29-31-49(32-30-46)53-25-13-15-27-57(53)62-58-28-16-14-26-55(58)56-40-38-52(42-60(56)62)61(51-36-33-47(34-37-51)44-19-7-2-8-20-44)59-41-50(45-21-9-3-10-22-45)35-39-54(59)48-23-11-4-12-24-48/h1-42H. The van der Waals surface area contributed by atoms with Crippen LogP contribution in [-0.4, -0.2) is 4.57 Å². The Morgan fingerprint density at radius 3 is 1.34 bits per heavy atom. The second kappa shape index (κ2) is 16.1. The van der Waals surface area contributed by atoms with Crippen LogP contribution < -0.4 is 4.90 Å². The summed E-state index contributed by atoms with van der Waals surface area (Å²) in [6, 6.07) is 92.2. The van der Waals surface area contributed by atoms with Crippen molar-refractivity contribution >= 4 is 38.9 Å². The van der Waals surface area contributed by atoms with Crippen LogP contribution in [0.15, 0.2) is 255 Å². The third-order valence-electron chi connectivity index (χ3n) is 12.0. The minimum Gasteiger partial charge on any atom is -0.310 e. The quantitative estimate of drug-likeness (QED) is 0.141. The van der Waals surface area contributed by atoms with Crippen LogP contribution in [0.5, 0.6) is 0 Å². The van der Waals surface area contributed by atoms with E-state index >= 15 is 0 Å². The highest BCUT2D eigenvalue weighted by molar-refractivity contribution is 6.11. The molecule has 1 heterocycles. The van der Waals surface area contributed by atoms with Crippen LogP contribution in [0.1, 0.15) is 0 Å². The van der Waals surface area contributed by atoms with E-state index in [1.807, 2.05) is 0 Å². The molecular formula is C60H42N2. The molecule has 292 valence electrons. The molecule has 0 aliphatic carbocycles. The maximum Gasteiger partial charge on any atom is 0.0562 e. The first-order chi connectivity index (χ1) is 30.8. The largest absolute Gasteiger partial charge is 0.310 e. The van der Waals surface area contributed by atoms with Crippen molar-refractivity contribution in [3.05, 3.63) is 255 Å².